The lowest BCUT2D eigenvalue weighted by molar-refractivity contribution is -0.148. The number of amides is 2. The third kappa shape index (κ3) is 3.76. The largest absolute Gasteiger partial charge is 0.480 e. The molecule has 1 aromatic heterocycles. The highest BCUT2D eigenvalue weighted by Crippen LogP contribution is 2.29. The molecule has 1 aliphatic rings. The average molecular weight is 328 g/mol. The van der Waals surface area contributed by atoms with Crippen LogP contribution >= 0.6 is 23.1 Å². The van der Waals surface area contributed by atoms with Crippen LogP contribution in [0.15, 0.2) is 16.8 Å². The van der Waals surface area contributed by atoms with E-state index in [0.29, 0.717) is 11.3 Å². The summed E-state index contributed by atoms with van der Waals surface area (Å²) in [6.07, 6.45) is 0.102. The van der Waals surface area contributed by atoms with Gasteiger partial charge in [0.05, 0.1) is 5.37 Å². The van der Waals surface area contributed by atoms with Crippen LogP contribution in [-0.4, -0.2) is 51.5 Å². The Kier molecular flexibility index (Phi) is 5.24. The third-order valence-corrected chi connectivity index (χ3v) is 5.10. The van der Waals surface area contributed by atoms with E-state index >= 15 is 0 Å². The maximum atomic E-state index is 12.1. The fourth-order valence-electron chi connectivity index (χ4n) is 2.12. The van der Waals surface area contributed by atoms with Crippen LogP contribution in [0.4, 0.5) is 0 Å². The number of carbonyl (C=O) groups is 3. The van der Waals surface area contributed by atoms with Crippen molar-refractivity contribution in [1.82, 2.24) is 10.2 Å². The summed E-state index contributed by atoms with van der Waals surface area (Å²) in [7, 11) is 0. The van der Waals surface area contributed by atoms with Crippen LogP contribution in [0.1, 0.15) is 23.7 Å². The van der Waals surface area contributed by atoms with Gasteiger partial charge in [0.15, 0.2) is 0 Å². The summed E-state index contributed by atoms with van der Waals surface area (Å²) >= 11 is 2.87. The molecule has 0 aromatic carbocycles. The smallest absolute Gasteiger partial charge is 0.327 e. The minimum absolute atomic E-state index is 0.102. The molecule has 114 valence electrons. The number of carbonyl (C=O) groups excluding carboxylic acids is 2. The van der Waals surface area contributed by atoms with Gasteiger partial charge < -0.3 is 15.3 Å². The second kappa shape index (κ2) is 6.95. The van der Waals surface area contributed by atoms with Crippen LogP contribution < -0.4 is 5.32 Å². The molecule has 0 bridgehead atoms. The lowest BCUT2D eigenvalue weighted by atomic mass is 10.2. The summed E-state index contributed by atoms with van der Waals surface area (Å²) < 4.78 is 0. The van der Waals surface area contributed by atoms with Crippen molar-refractivity contribution in [2.45, 2.75) is 24.8 Å². The molecular weight excluding hydrogens is 312 g/mol. The molecule has 2 N–H and O–H groups in total. The molecule has 1 aromatic rings. The second-order valence-electron chi connectivity index (χ2n) is 4.61. The lowest BCUT2D eigenvalue weighted by Crippen LogP contribution is -2.45. The van der Waals surface area contributed by atoms with E-state index in [0.717, 1.165) is 0 Å². The van der Waals surface area contributed by atoms with Gasteiger partial charge in [0, 0.05) is 29.7 Å². The summed E-state index contributed by atoms with van der Waals surface area (Å²) in [4.78, 5) is 36.4. The number of nitrogens with one attached hydrogen (secondary N) is 1. The number of hydrogen-bond acceptors (Lipinski definition) is 5. The van der Waals surface area contributed by atoms with Gasteiger partial charge in [-0.2, -0.15) is 11.3 Å². The van der Waals surface area contributed by atoms with Crippen molar-refractivity contribution in [2.75, 3.05) is 12.3 Å². The number of aliphatic carboxylic acids is 1. The number of carboxylic acid groups (broad SMARTS) is 1. The molecule has 6 nitrogen and oxygen atoms in total. The highest BCUT2D eigenvalue weighted by Gasteiger charge is 2.38. The van der Waals surface area contributed by atoms with Gasteiger partial charge in [-0.15, -0.1) is 11.8 Å². The van der Waals surface area contributed by atoms with Crippen molar-refractivity contribution in [3.63, 3.8) is 0 Å². The van der Waals surface area contributed by atoms with Gasteiger partial charge in [-0.05, 0) is 18.4 Å². The van der Waals surface area contributed by atoms with Crippen molar-refractivity contribution in [2.24, 2.45) is 0 Å². The highest BCUT2D eigenvalue weighted by atomic mass is 32.2. The van der Waals surface area contributed by atoms with E-state index in [1.165, 1.54) is 28.0 Å². The minimum atomic E-state index is -0.984. The molecule has 2 heterocycles. The molecule has 2 amide bonds. The molecule has 2 unspecified atom stereocenters. The molecule has 0 aliphatic carbocycles. The zero-order valence-corrected chi connectivity index (χ0v) is 13.1. The number of carboxylic acids is 1. The van der Waals surface area contributed by atoms with E-state index in [-0.39, 0.29) is 30.2 Å². The maximum Gasteiger partial charge on any atom is 0.327 e. The van der Waals surface area contributed by atoms with E-state index in [2.05, 4.69) is 5.32 Å². The molecule has 1 fully saturated rings. The van der Waals surface area contributed by atoms with Gasteiger partial charge in [0.2, 0.25) is 5.91 Å². The van der Waals surface area contributed by atoms with Gasteiger partial charge in [-0.25, -0.2) is 4.79 Å². The van der Waals surface area contributed by atoms with Gasteiger partial charge in [0.1, 0.15) is 6.04 Å². The van der Waals surface area contributed by atoms with E-state index in [1.807, 2.05) is 6.92 Å². The normalized spacial score (nSPS) is 21.3. The molecule has 0 saturated carbocycles. The first-order valence-corrected chi connectivity index (χ1v) is 8.46. The lowest BCUT2D eigenvalue weighted by Gasteiger charge is -2.25. The summed E-state index contributed by atoms with van der Waals surface area (Å²) in [5.74, 6) is -1.04. The first-order chi connectivity index (χ1) is 10.0. The van der Waals surface area contributed by atoms with Gasteiger partial charge in [0.25, 0.3) is 5.91 Å². The molecule has 1 saturated heterocycles. The number of nitrogens with zero attached hydrogens (tertiary/aromatic N) is 1. The molecule has 2 rings (SSSR count). The number of rotatable bonds is 5. The zero-order valence-electron chi connectivity index (χ0n) is 11.4. The summed E-state index contributed by atoms with van der Waals surface area (Å²) in [5.41, 5.74) is 0.570. The van der Waals surface area contributed by atoms with E-state index in [9.17, 15) is 14.4 Å². The van der Waals surface area contributed by atoms with E-state index in [4.69, 9.17) is 5.11 Å². The highest BCUT2D eigenvalue weighted by molar-refractivity contribution is 8.00. The van der Waals surface area contributed by atoms with Crippen LogP contribution in [0.5, 0.6) is 0 Å². The van der Waals surface area contributed by atoms with Crippen LogP contribution in [-0.2, 0) is 9.59 Å². The monoisotopic (exact) mass is 328 g/mol. The van der Waals surface area contributed by atoms with Gasteiger partial charge in [-0.3, -0.25) is 9.59 Å². The topological polar surface area (TPSA) is 86.7 Å². The Morgan fingerprint density at radius 3 is 2.86 bits per heavy atom. The Morgan fingerprint density at radius 2 is 2.24 bits per heavy atom. The zero-order chi connectivity index (χ0) is 15.4. The molecular formula is C13H16N2O4S2. The Hall–Kier alpha value is -1.54. The molecule has 0 spiro atoms. The van der Waals surface area contributed by atoms with Crippen LogP contribution in [0.2, 0.25) is 0 Å². The average Bonchev–Trinajstić information content (AvgIpc) is 3.07. The molecule has 2 atom stereocenters. The Bertz CT molecular complexity index is 532. The summed E-state index contributed by atoms with van der Waals surface area (Å²) in [5, 5.41) is 15.2. The second-order valence-corrected chi connectivity index (χ2v) is 6.73. The first kappa shape index (κ1) is 15.8. The molecule has 8 heteroatoms. The minimum Gasteiger partial charge on any atom is -0.480 e. The van der Waals surface area contributed by atoms with Crippen molar-refractivity contribution >= 4 is 40.9 Å². The summed E-state index contributed by atoms with van der Waals surface area (Å²) in [6, 6.07) is 0.937. The van der Waals surface area contributed by atoms with E-state index < -0.39 is 12.0 Å². The van der Waals surface area contributed by atoms with Crippen LogP contribution in [0.3, 0.4) is 0 Å². The Morgan fingerprint density at radius 1 is 1.48 bits per heavy atom. The predicted octanol–water partition coefficient (Wildman–Crippen LogP) is 1.24. The van der Waals surface area contributed by atoms with Crippen LogP contribution in [0.25, 0.3) is 0 Å². The SMILES string of the molecule is CC1SCC(C(=O)O)N1C(=O)CCNC(=O)c1ccsc1. The van der Waals surface area contributed by atoms with E-state index in [1.54, 1.807) is 16.8 Å². The van der Waals surface area contributed by atoms with Crippen molar-refractivity contribution in [1.29, 1.82) is 0 Å². The number of thiophene rings is 1. The van der Waals surface area contributed by atoms with Gasteiger partial charge >= 0.3 is 5.97 Å². The van der Waals surface area contributed by atoms with Gasteiger partial charge in [-0.1, -0.05) is 0 Å². The molecule has 21 heavy (non-hydrogen) atoms. The standard InChI is InChI=1S/C13H16N2O4S2/c1-8-15(10(7-21-8)13(18)19)11(16)2-4-14-12(17)9-3-5-20-6-9/h3,5-6,8,10H,2,4,7H2,1H3,(H,14,17)(H,18,19). The number of hydrogen-bond donors (Lipinski definition) is 2. The van der Waals surface area contributed by atoms with Crippen molar-refractivity contribution in [3.8, 4) is 0 Å². The van der Waals surface area contributed by atoms with Crippen LogP contribution in [0, 0.1) is 0 Å². The first-order valence-electron chi connectivity index (χ1n) is 6.46. The summed E-state index contributed by atoms with van der Waals surface area (Å²) in [6.45, 7) is 2.02. The maximum absolute atomic E-state index is 12.1. The fraction of sp³-hybridized carbons (Fsp3) is 0.462. The predicted molar refractivity (Wildman–Crippen MR) is 81.5 cm³/mol. The third-order valence-electron chi connectivity index (χ3n) is 3.20. The molecule has 1 aliphatic heterocycles. The van der Waals surface area contributed by atoms with Crippen molar-refractivity contribution < 1.29 is 19.5 Å². The number of thioether (sulfide) groups is 1. The Balaban J connectivity index is 1.84. The Labute approximate surface area is 130 Å². The fourth-order valence-corrected chi connectivity index (χ4v) is 3.94. The van der Waals surface area contributed by atoms with Crippen molar-refractivity contribution in [3.05, 3.63) is 22.4 Å². The quantitative estimate of drug-likeness (QED) is 0.849. The molecule has 0 radical (unpaired) electrons.